The largest absolute Gasteiger partial charge is 0.389 e. The summed E-state index contributed by atoms with van der Waals surface area (Å²) >= 11 is 4.94. The topological polar surface area (TPSA) is 45.4 Å². The number of hydrogen-bond acceptors (Lipinski definition) is 4. The Bertz CT molecular complexity index is 400. The molecule has 0 unspecified atom stereocenters. The van der Waals surface area contributed by atoms with E-state index in [0.717, 1.165) is 31.0 Å². The lowest BCUT2D eigenvalue weighted by Crippen LogP contribution is -2.35. The molecule has 4 nitrogen and oxygen atoms in total. The zero-order valence-electron chi connectivity index (χ0n) is 12.3. The van der Waals surface area contributed by atoms with Gasteiger partial charge in [0.1, 0.15) is 10.8 Å². The van der Waals surface area contributed by atoms with Gasteiger partial charge in [0, 0.05) is 31.4 Å². The molecule has 0 saturated heterocycles. The summed E-state index contributed by atoms with van der Waals surface area (Å²) in [6, 6.07) is 3.93. The molecule has 0 aliphatic carbocycles. The van der Waals surface area contributed by atoms with Crippen LogP contribution in [0.25, 0.3) is 0 Å². The second kappa shape index (κ2) is 7.40. The minimum absolute atomic E-state index is 0.391. The Kier molecular flexibility index (Phi) is 6.18. The average molecular weight is 280 g/mol. The smallest absolute Gasteiger partial charge is 0.128 e. The van der Waals surface area contributed by atoms with E-state index in [4.69, 9.17) is 18.0 Å². The number of pyridine rings is 1. The van der Waals surface area contributed by atoms with Crippen LogP contribution in [-0.4, -0.2) is 48.6 Å². The van der Waals surface area contributed by atoms with E-state index in [1.165, 1.54) is 0 Å². The number of nitrogens with zero attached hydrogens (tertiary/aromatic N) is 3. The Morgan fingerprint density at radius 2 is 2.00 bits per heavy atom. The van der Waals surface area contributed by atoms with E-state index in [-0.39, 0.29) is 0 Å². The van der Waals surface area contributed by atoms with Crippen LogP contribution in [0.15, 0.2) is 18.3 Å². The summed E-state index contributed by atoms with van der Waals surface area (Å²) in [6.45, 7) is 7.39. The summed E-state index contributed by atoms with van der Waals surface area (Å²) in [4.78, 5) is 9.34. The molecule has 0 radical (unpaired) electrons. The molecule has 0 saturated carbocycles. The summed E-state index contributed by atoms with van der Waals surface area (Å²) in [5, 5.41) is 0. The fourth-order valence-corrected chi connectivity index (χ4v) is 1.90. The number of thiocarbonyl (C=S) groups is 1. The van der Waals surface area contributed by atoms with Gasteiger partial charge in [-0.25, -0.2) is 4.98 Å². The summed E-state index contributed by atoms with van der Waals surface area (Å²) in [7, 11) is 4.16. The number of nitrogens with two attached hydrogens (primary N) is 1. The highest BCUT2D eigenvalue weighted by atomic mass is 32.1. The van der Waals surface area contributed by atoms with E-state index in [0.29, 0.717) is 10.9 Å². The van der Waals surface area contributed by atoms with Gasteiger partial charge in [-0.1, -0.05) is 26.1 Å². The Hall–Kier alpha value is -1.20. The van der Waals surface area contributed by atoms with Crippen LogP contribution in [0, 0.1) is 5.92 Å². The second-order valence-corrected chi connectivity index (χ2v) is 5.85. The predicted octanol–water partition coefficient (Wildman–Crippen LogP) is 1.74. The van der Waals surface area contributed by atoms with Crippen LogP contribution in [0.1, 0.15) is 19.4 Å². The van der Waals surface area contributed by atoms with Crippen molar-refractivity contribution in [1.29, 1.82) is 0 Å². The van der Waals surface area contributed by atoms with Gasteiger partial charge < -0.3 is 15.5 Å². The fraction of sp³-hybridized carbons (Fsp3) is 0.571. The van der Waals surface area contributed by atoms with Crippen LogP contribution in [-0.2, 0) is 0 Å². The Morgan fingerprint density at radius 1 is 1.32 bits per heavy atom. The van der Waals surface area contributed by atoms with Crippen LogP contribution in [0.2, 0.25) is 0 Å². The van der Waals surface area contributed by atoms with Crippen molar-refractivity contribution in [2.75, 3.05) is 38.6 Å². The molecule has 1 rings (SSSR count). The molecule has 5 heteroatoms. The molecule has 0 spiro atoms. The summed E-state index contributed by atoms with van der Waals surface area (Å²) in [5.74, 6) is 1.58. The third-order valence-electron chi connectivity index (χ3n) is 2.76. The Labute approximate surface area is 121 Å². The second-order valence-electron chi connectivity index (χ2n) is 5.41. The molecular formula is C14H24N4S. The van der Waals surface area contributed by atoms with Crippen LogP contribution in [0.5, 0.6) is 0 Å². The van der Waals surface area contributed by atoms with Crippen molar-refractivity contribution in [3.05, 3.63) is 23.9 Å². The molecule has 0 amide bonds. The minimum atomic E-state index is 0.391. The molecule has 0 fully saturated rings. The lowest BCUT2D eigenvalue weighted by Gasteiger charge is -2.27. The van der Waals surface area contributed by atoms with E-state index in [2.05, 4.69) is 42.7 Å². The monoisotopic (exact) mass is 280 g/mol. The van der Waals surface area contributed by atoms with E-state index in [9.17, 15) is 0 Å². The molecule has 0 bridgehead atoms. The highest BCUT2D eigenvalue weighted by Gasteiger charge is 2.10. The molecular weight excluding hydrogens is 256 g/mol. The van der Waals surface area contributed by atoms with Crippen molar-refractivity contribution >= 4 is 23.0 Å². The maximum Gasteiger partial charge on any atom is 0.128 e. The number of aromatic nitrogens is 1. The van der Waals surface area contributed by atoms with Gasteiger partial charge in [0.25, 0.3) is 0 Å². The van der Waals surface area contributed by atoms with Crippen molar-refractivity contribution in [2.24, 2.45) is 11.7 Å². The molecule has 0 atom stereocenters. The van der Waals surface area contributed by atoms with E-state index >= 15 is 0 Å². The van der Waals surface area contributed by atoms with Gasteiger partial charge in [-0.3, -0.25) is 0 Å². The van der Waals surface area contributed by atoms with Gasteiger partial charge in [0.05, 0.1) is 0 Å². The first kappa shape index (κ1) is 15.9. The molecule has 0 aromatic carbocycles. The quantitative estimate of drug-likeness (QED) is 0.771. The van der Waals surface area contributed by atoms with E-state index in [1.54, 1.807) is 6.20 Å². The summed E-state index contributed by atoms with van der Waals surface area (Å²) < 4.78 is 0. The zero-order chi connectivity index (χ0) is 14.4. The van der Waals surface area contributed by atoms with Crippen molar-refractivity contribution in [3.63, 3.8) is 0 Å². The zero-order valence-corrected chi connectivity index (χ0v) is 13.1. The third kappa shape index (κ3) is 5.53. The van der Waals surface area contributed by atoms with Gasteiger partial charge >= 0.3 is 0 Å². The highest BCUT2D eigenvalue weighted by Crippen LogP contribution is 2.13. The predicted molar refractivity (Wildman–Crippen MR) is 85.7 cm³/mol. The Morgan fingerprint density at radius 3 is 2.42 bits per heavy atom. The third-order valence-corrected chi connectivity index (χ3v) is 2.99. The average Bonchev–Trinajstić information content (AvgIpc) is 2.34. The van der Waals surface area contributed by atoms with Crippen LogP contribution in [0.3, 0.4) is 0 Å². The summed E-state index contributed by atoms with van der Waals surface area (Å²) in [6.07, 6.45) is 1.75. The van der Waals surface area contributed by atoms with Gasteiger partial charge in [-0.05, 0) is 32.1 Å². The molecule has 106 valence electrons. The molecule has 19 heavy (non-hydrogen) atoms. The van der Waals surface area contributed by atoms with Gasteiger partial charge in [0.15, 0.2) is 0 Å². The SMILES string of the molecule is CC(C)CN(CCN(C)C)c1ccc(C(N)=S)cn1. The molecule has 1 heterocycles. The first-order chi connectivity index (χ1) is 8.90. The Balaban J connectivity index is 2.80. The number of rotatable bonds is 7. The highest BCUT2D eigenvalue weighted by molar-refractivity contribution is 7.80. The number of anilines is 1. The van der Waals surface area contributed by atoms with Crippen LogP contribution < -0.4 is 10.6 Å². The van der Waals surface area contributed by atoms with E-state index < -0.39 is 0 Å². The van der Waals surface area contributed by atoms with E-state index in [1.807, 2.05) is 12.1 Å². The molecule has 2 N–H and O–H groups in total. The van der Waals surface area contributed by atoms with Crippen molar-refractivity contribution in [3.8, 4) is 0 Å². The first-order valence-electron chi connectivity index (χ1n) is 6.55. The van der Waals surface area contributed by atoms with Crippen molar-refractivity contribution in [1.82, 2.24) is 9.88 Å². The van der Waals surface area contributed by atoms with Gasteiger partial charge in [-0.2, -0.15) is 0 Å². The maximum atomic E-state index is 5.59. The van der Waals surface area contributed by atoms with Gasteiger partial charge in [-0.15, -0.1) is 0 Å². The van der Waals surface area contributed by atoms with Gasteiger partial charge in [0.2, 0.25) is 0 Å². The number of hydrogen-bond donors (Lipinski definition) is 1. The normalized spacial score (nSPS) is 11.1. The summed E-state index contributed by atoms with van der Waals surface area (Å²) in [5.41, 5.74) is 6.41. The molecule has 1 aromatic heterocycles. The van der Waals surface area contributed by atoms with Crippen LogP contribution >= 0.6 is 12.2 Å². The van der Waals surface area contributed by atoms with Crippen LogP contribution in [0.4, 0.5) is 5.82 Å². The maximum absolute atomic E-state index is 5.59. The fourth-order valence-electron chi connectivity index (χ4n) is 1.78. The standard InChI is InChI=1S/C14H24N4S/c1-11(2)10-18(8-7-17(3)4)13-6-5-12(9-16-13)14(15)19/h5-6,9,11H,7-8,10H2,1-4H3,(H2,15,19). The molecule has 0 aliphatic rings. The lowest BCUT2D eigenvalue weighted by molar-refractivity contribution is 0.408. The molecule has 1 aromatic rings. The first-order valence-corrected chi connectivity index (χ1v) is 6.96. The van der Waals surface area contributed by atoms with Crippen molar-refractivity contribution in [2.45, 2.75) is 13.8 Å². The minimum Gasteiger partial charge on any atom is -0.389 e. The molecule has 0 aliphatic heterocycles. The van der Waals surface area contributed by atoms with Crippen molar-refractivity contribution < 1.29 is 0 Å². The lowest BCUT2D eigenvalue weighted by atomic mass is 10.2. The number of likely N-dealkylation sites (N-methyl/N-ethyl adjacent to an activating group) is 1.